The van der Waals surface area contributed by atoms with Gasteiger partial charge in [0.25, 0.3) is 0 Å². The Kier molecular flexibility index (Phi) is 3.79. The monoisotopic (exact) mass is 261 g/mol. The summed E-state index contributed by atoms with van der Waals surface area (Å²) in [6.45, 7) is 3.84. The second-order valence-corrected chi connectivity index (χ2v) is 3.85. The molecule has 1 heterocycles. The Morgan fingerprint density at radius 1 is 1.32 bits per heavy atom. The molecule has 6 nitrogen and oxygen atoms in total. The molecule has 6 heteroatoms. The average molecular weight is 261 g/mol. The highest BCUT2D eigenvalue weighted by atomic mass is 16.5. The van der Waals surface area contributed by atoms with Crippen molar-refractivity contribution in [3.8, 4) is 11.4 Å². The molecule has 2 aromatic rings. The Morgan fingerprint density at radius 2 is 2.00 bits per heavy atom. The van der Waals surface area contributed by atoms with E-state index in [4.69, 9.17) is 9.47 Å². The van der Waals surface area contributed by atoms with Crippen molar-refractivity contribution in [1.29, 1.82) is 0 Å². The van der Waals surface area contributed by atoms with Crippen LogP contribution in [-0.4, -0.2) is 34.7 Å². The summed E-state index contributed by atoms with van der Waals surface area (Å²) in [4.78, 5) is 11.7. The Morgan fingerprint density at radius 3 is 2.58 bits per heavy atom. The number of benzene rings is 1. The van der Waals surface area contributed by atoms with E-state index in [1.807, 2.05) is 24.3 Å². The van der Waals surface area contributed by atoms with Gasteiger partial charge in [0.15, 0.2) is 5.69 Å². The first-order valence-corrected chi connectivity index (χ1v) is 5.91. The normalized spacial score (nSPS) is 10.3. The van der Waals surface area contributed by atoms with E-state index in [2.05, 4.69) is 10.3 Å². The molecule has 1 aromatic carbocycles. The summed E-state index contributed by atoms with van der Waals surface area (Å²) in [6, 6.07) is 7.33. The van der Waals surface area contributed by atoms with Crippen LogP contribution in [0.1, 0.15) is 23.1 Å². The third-order valence-electron chi connectivity index (χ3n) is 2.68. The van der Waals surface area contributed by atoms with Gasteiger partial charge < -0.3 is 9.47 Å². The molecule has 1 aromatic heterocycles. The summed E-state index contributed by atoms with van der Waals surface area (Å²) in [7, 11) is 1.61. The number of hydrogen-bond donors (Lipinski definition) is 0. The van der Waals surface area contributed by atoms with Crippen LogP contribution in [0.4, 0.5) is 0 Å². The van der Waals surface area contributed by atoms with Gasteiger partial charge in [0.05, 0.1) is 25.1 Å². The van der Waals surface area contributed by atoms with E-state index < -0.39 is 5.97 Å². The summed E-state index contributed by atoms with van der Waals surface area (Å²) in [6.07, 6.45) is 0. The number of hydrogen-bond acceptors (Lipinski definition) is 5. The Bertz CT molecular complexity index is 575. The maximum absolute atomic E-state index is 11.7. The number of methoxy groups -OCH3 is 1. The van der Waals surface area contributed by atoms with Crippen LogP contribution in [0.25, 0.3) is 5.69 Å². The predicted molar refractivity (Wildman–Crippen MR) is 68.6 cm³/mol. The molecular weight excluding hydrogens is 246 g/mol. The maximum Gasteiger partial charge on any atom is 0.360 e. The Hall–Kier alpha value is -2.37. The molecule has 0 amide bonds. The number of rotatable bonds is 4. The van der Waals surface area contributed by atoms with Gasteiger partial charge in [-0.15, -0.1) is 5.10 Å². The van der Waals surface area contributed by atoms with Gasteiger partial charge in [-0.3, -0.25) is 0 Å². The lowest BCUT2D eigenvalue weighted by Crippen LogP contribution is -2.07. The SMILES string of the molecule is CCOC(=O)c1nnn(-c2ccc(OC)cc2)c1C. The van der Waals surface area contributed by atoms with Crippen molar-refractivity contribution in [3.05, 3.63) is 35.7 Å². The molecule has 0 N–H and O–H groups in total. The molecule has 0 unspecified atom stereocenters. The summed E-state index contributed by atoms with van der Waals surface area (Å²) in [5.41, 5.74) is 1.68. The summed E-state index contributed by atoms with van der Waals surface area (Å²) < 4.78 is 11.6. The highest BCUT2D eigenvalue weighted by Gasteiger charge is 2.18. The molecule has 0 saturated heterocycles. The zero-order valence-corrected chi connectivity index (χ0v) is 11.1. The largest absolute Gasteiger partial charge is 0.497 e. The van der Waals surface area contributed by atoms with Crippen LogP contribution >= 0.6 is 0 Å². The first-order valence-electron chi connectivity index (χ1n) is 5.91. The summed E-state index contributed by atoms with van der Waals surface area (Å²) in [5.74, 6) is 0.298. The van der Waals surface area contributed by atoms with E-state index >= 15 is 0 Å². The van der Waals surface area contributed by atoms with Crippen molar-refractivity contribution in [2.24, 2.45) is 0 Å². The lowest BCUT2D eigenvalue weighted by molar-refractivity contribution is 0.0518. The quantitative estimate of drug-likeness (QED) is 0.784. The first kappa shape index (κ1) is 13.1. The molecule has 2 rings (SSSR count). The lowest BCUT2D eigenvalue weighted by Gasteiger charge is -2.05. The number of carbonyl (C=O) groups excluding carboxylic acids is 1. The van der Waals surface area contributed by atoms with Gasteiger partial charge >= 0.3 is 5.97 Å². The van der Waals surface area contributed by atoms with E-state index in [-0.39, 0.29) is 5.69 Å². The van der Waals surface area contributed by atoms with E-state index in [0.717, 1.165) is 11.4 Å². The number of aromatic nitrogens is 3. The minimum absolute atomic E-state index is 0.234. The Labute approximate surface area is 110 Å². The molecule has 0 fully saturated rings. The molecule has 0 aliphatic carbocycles. The molecule has 0 saturated carbocycles. The fourth-order valence-corrected chi connectivity index (χ4v) is 1.69. The molecular formula is C13H15N3O3. The van der Waals surface area contributed by atoms with Crippen molar-refractivity contribution >= 4 is 5.97 Å². The molecule has 0 aliphatic rings. The van der Waals surface area contributed by atoms with E-state index in [0.29, 0.717) is 12.3 Å². The number of esters is 1. The van der Waals surface area contributed by atoms with Gasteiger partial charge in [0.2, 0.25) is 0 Å². The number of ether oxygens (including phenoxy) is 2. The van der Waals surface area contributed by atoms with Gasteiger partial charge in [-0.1, -0.05) is 5.21 Å². The summed E-state index contributed by atoms with van der Waals surface area (Å²) >= 11 is 0. The maximum atomic E-state index is 11.7. The summed E-state index contributed by atoms with van der Waals surface area (Å²) in [5, 5.41) is 7.83. The zero-order valence-electron chi connectivity index (χ0n) is 11.1. The standard InChI is InChI=1S/C13H15N3O3/c1-4-19-13(17)12-9(2)16(15-14-12)10-5-7-11(18-3)8-6-10/h5-8H,4H2,1-3H3. The molecule has 0 atom stereocenters. The van der Waals surface area contributed by atoms with Gasteiger partial charge in [0.1, 0.15) is 5.75 Å². The highest BCUT2D eigenvalue weighted by Crippen LogP contribution is 2.17. The third-order valence-corrected chi connectivity index (χ3v) is 2.68. The van der Waals surface area contributed by atoms with Crippen LogP contribution < -0.4 is 4.74 Å². The van der Waals surface area contributed by atoms with Gasteiger partial charge in [0, 0.05) is 0 Å². The Balaban J connectivity index is 2.32. The van der Waals surface area contributed by atoms with Crippen LogP contribution in [0, 0.1) is 6.92 Å². The third kappa shape index (κ3) is 2.57. The average Bonchev–Trinajstić information content (AvgIpc) is 2.81. The van der Waals surface area contributed by atoms with Crippen LogP contribution in [0.15, 0.2) is 24.3 Å². The number of carbonyl (C=O) groups is 1. The number of nitrogens with zero attached hydrogens (tertiary/aromatic N) is 3. The van der Waals surface area contributed by atoms with E-state index in [1.54, 1.807) is 25.6 Å². The molecule has 0 bridgehead atoms. The fraction of sp³-hybridized carbons (Fsp3) is 0.308. The molecule has 0 spiro atoms. The minimum Gasteiger partial charge on any atom is -0.497 e. The van der Waals surface area contributed by atoms with Crippen molar-refractivity contribution in [2.75, 3.05) is 13.7 Å². The molecule has 0 aliphatic heterocycles. The zero-order chi connectivity index (χ0) is 13.8. The topological polar surface area (TPSA) is 66.2 Å². The second-order valence-electron chi connectivity index (χ2n) is 3.85. The van der Waals surface area contributed by atoms with Crippen LogP contribution in [0.5, 0.6) is 5.75 Å². The van der Waals surface area contributed by atoms with Crippen LogP contribution in [0.2, 0.25) is 0 Å². The first-order chi connectivity index (χ1) is 9.17. The van der Waals surface area contributed by atoms with Crippen LogP contribution in [0.3, 0.4) is 0 Å². The van der Waals surface area contributed by atoms with Crippen LogP contribution in [-0.2, 0) is 4.74 Å². The second kappa shape index (κ2) is 5.51. The lowest BCUT2D eigenvalue weighted by atomic mass is 10.3. The van der Waals surface area contributed by atoms with Gasteiger partial charge in [-0.05, 0) is 38.1 Å². The molecule has 19 heavy (non-hydrogen) atoms. The van der Waals surface area contributed by atoms with Crippen molar-refractivity contribution < 1.29 is 14.3 Å². The smallest absolute Gasteiger partial charge is 0.360 e. The predicted octanol–water partition coefficient (Wildman–Crippen LogP) is 1.76. The molecule has 100 valence electrons. The van der Waals surface area contributed by atoms with Crippen molar-refractivity contribution in [1.82, 2.24) is 15.0 Å². The van der Waals surface area contributed by atoms with E-state index in [9.17, 15) is 4.79 Å². The van der Waals surface area contributed by atoms with E-state index in [1.165, 1.54) is 0 Å². The van der Waals surface area contributed by atoms with Gasteiger partial charge in [-0.25, -0.2) is 9.48 Å². The highest BCUT2D eigenvalue weighted by molar-refractivity contribution is 5.88. The van der Waals surface area contributed by atoms with Crippen molar-refractivity contribution in [3.63, 3.8) is 0 Å². The molecule has 0 radical (unpaired) electrons. The van der Waals surface area contributed by atoms with Crippen molar-refractivity contribution in [2.45, 2.75) is 13.8 Å². The van der Waals surface area contributed by atoms with Gasteiger partial charge in [-0.2, -0.15) is 0 Å². The minimum atomic E-state index is -0.459. The fourth-order valence-electron chi connectivity index (χ4n) is 1.69.